The van der Waals surface area contributed by atoms with Gasteiger partial charge in [0.2, 0.25) is 12.7 Å². The van der Waals surface area contributed by atoms with Crippen molar-refractivity contribution >= 4 is 22.6 Å². The Morgan fingerprint density at radius 2 is 1.74 bits per heavy atom. The molecule has 0 radical (unpaired) electrons. The molecule has 1 aromatic heterocycles. The third-order valence-corrected chi connectivity index (χ3v) is 8.21. The Morgan fingerprint density at radius 3 is 2.53 bits per heavy atom. The fourth-order valence-corrected chi connectivity index (χ4v) is 6.02. The number of hydrogen-bond acceptors (Lipinski definition) is 6. The summed E-state index contributed by atoms with van der Waals surface area (Å²) in [5.74, 6) is 2.66. The van der Waals surface area contributed by atoms with Crippen molar-refractivity contribution in [3.05, 3.63) is 58.7 Å². The molecule has 7 nitrogen and oxygen atoms in total. The Balaban J connectivity index is 1.39. The second kappa shape index (κ2) is 10.8. The highest BCUT2D eigenvalue weighted by Gasteiger charge is 2.26. The molecule has 2 aliphatic heterocycles. The van der Waals surface area contributed by atoms with Crippen LogP contribution in [0.25, 0.3) is 10.9 Å². The molecule has 1 aliphatic carbocycles. The average Bonchev–Trinajstić information content (AvgIpc) is 3.61. The van der Waals surface area contributed by atoms with Gasteiger partial charge in [0.15, 0.2) is 11.5 Å². The number of aryl methyl sites for hydroxylation is 2. The predicted molar refractivity (Wildman–Crippen MR) is 148 cm³/mol. The summed E-state index contributed by atoms with van der Waals surface area (Å²) in [6.45, 7) is 8.45. The van der Waals surface area contributed by atoms with Gasteiger partial charge in [0.1, 0.15) is 5.82 Å². The molecule has 0 atom stereocenters. The summed E-state index contributed by atoms with van der Waals surface area (Å²) in [4.78, 5) is 23.4. The quantitative estimate of drug-likeness (QED) is 0.408. The minimum Gasteiger partial charge on any atom is -0.454 e. The van der Waals surface area contributed by atoms with Gasteiger partial charge in [-0.05, 0) is 79.1 Å². The molecule has 3 heterocycles. The summed E-state index contributed by atoms with van der Waals surface area (Å²) in [7, 11) is 0. The van der Waals surface area contributed by atoms with Gasteiger partial charge in [-0.1, -0.05) is 19.9 Å². The number of carbonyl (C=O) groups excluding carboxylic acids is 1. The third-order valence-electron chi connectivity index (χ3n) is 8.21. The van der Waals surface area contributed by atoms with Crippen molar-refractivity contribution in [1.82, 2.24) is 9.88 Å². The standard InChI is InChI=1S/C31H37N3O4/c1-3-22(4-2)31(35)34(18-21-8-9-28-29(14-21)38-20-37-28)19-26-16-25-15-23-6-5-7-24(23)17-27(25)32-30(26)33-10-12-36-13-11-33/h8-9,14-17,22H,3-7,10-13,18-20H2,1-2H3. The zero-order valence-corrected chi connectivity index (χ0v) is 22.5. The monoisotopic (exact) mass is 515 g/mol. The highest BCUT2D eigenvalue weighted by Crippen LogP contribution is 2.34. The molecule has 0 unspecified atom stereocenters. The fraction of sp³-hybridized carbons (Fsp3) is 0.484. The van der Waals surface area contributed by atoms with Gasteiger partial charge in [-0.2, -0.15) is 0 Å². The van der Waals surface area contributed by atoms with Crippen LogP contribution in [0.2, 0.25) is 0 Å². The molecule has 0 N–H and O–H groups in total. The van der Waals surface area contributed by atoms with E-state index in [1.807, 2.05) is 23.1 Å². The van der Waals surface area contributed by atoms with Gasteiger partial charge >= 0.3 is 0 Å². The lowest BCUT2D eigenvalue weighted by Crippen LogP contribution is -2.39. The van der Waals surface area contributed by atoms with Crippen molar-refractivity contribution in [3.8, 4) is 11.5 Å². The minimum absolute atomic E-state index is 0.00691. The van der Waals surface area contributed by atoms with E-state index < -0.39 is 0 Å². The number of anilines is 1. The molecule has 3 aromatic rings. The molecule has 200 valence electrons. The molecular weight excluding hydrogens is 478 g/mol. The fourth-order valence-electron chi connectivity index (χ4n) is 6.02. The second-order valence-corrected chi connectivity index (χ2v) is 10.6. The number of morpholine rings is 1. The molecule has 6 rings (SSSR count). The first-order valence-corrected chi connectivity index (χ1v) is 14.1. The van der Waals surface area contributed by atoms with E-state index in [4.69, 9.17) is 19.2 Å². The van der Waals surface area contributed by atoms with E-state index in [1.165, 1.54) is 17.5 Å². The Kier molecular flexibility index (Phi) is 7.11. The minimum atomic E-state index is -0.00691. The van der Waals surface area contributed by atoms with Crippen molar-refractivity contribution in [2.24, 2.45) is 5.92 Å². The van der Waals surface area contributed by atoms with Crippen molar-refractivity contribution < 1.29 is 19.0 Å². The van der Waals surface area contributed by atoms with Crippen LogP contribution in [0.4, 0.5) is 5.82 Å². The molecule has 0 bridgehead atoms. The van der Waals surface area contributed by atoms with Crippen LogP contribution in [0.1, 0.15) is 55.4 Å². The van der Waals surface area contributed by atoms with Crippen molar-refractivity contribution in [1.29, 1.82) is 0 Å². The summed E-state index contributed by atoms with van der Waals surface area (Å²) in [6.07, 6.45) is 5.13. The van der Waals surface area contributed by atoms with Crippen LogP contribution in [0.5, 0.6) is 11.5 Å². The SMILES string of the molecule is CCC(CC)C(=O)N(Cc1ccc2c(c1)OCO2)Cc1cc2cc3c(cc2nc1N1CCOCC1)CCC3. The number of ether oxygens (including phenoxy) is 3. The number of fused-ring (bicyclic) bond motifs is 3. The largest absolute Gasteiger partial charge is 0.454 e. The number of carbonyl (C=O) groups is 1. The van der Waals surface area contributed by atoms with E-state index in [9.17, 15) is 4.79 Å². The molecule has 0 saturated carbocycles. The maximum Gasteiger partial charge on any atom is 0.231 e. The number of hydrogen-bond donors (Lipinski definition) is 0. The average molecular weight is 516 g/mol. The third kappa shape index (κ3) is 4.92. The zero-order chi connectivity index (χ0) is 26.1. The van der Waals surface area contributed by atoms with E-state index in [-0.39, 0.29) is 18.6 Å². The topological polar surface area (TPSA) is 64.1 Å². The number of benzene rings is 2. The van der Waals surface area contributed by atoms with E-state index in [0.717, 1.165) is 78.1 Å². The molecular formula is C31H37N3O4. The summed E-state index contributed by atoms with van der Waals surface area (Å²) >= 11 is 0. The molecule has 1 saturated heterocycles. The molecule has 0 spiro atoms. The van der Waals surface area contributed by atoms with Crippen molar-refractivity contribution in [2.75, 3.05) is 38.0 Å². The molecule has 1 fully saturated rings. The number of aromatic nitrogens is 1. The smallest absolute Gasteiger partial charge is 0.231 e. The molecule has 2 aromatic carbocycles. The van der Waals surface area contributed by atoms with Crippen LogP contribution in [-0.4, -0.2) is 48.9 Å². The summed E-state index contributed by atoms with van der Waals surface area (Å²) < 4.78 is 16.8. The zero-order valence-electron chi connectivity index (χ0n) is 22.5. The van der Waals surface area contributed by atoms with Crippen LogP contribution >= 0.6 is 0 Å². The maximum absolute atomic E-state index is 13.9. The van der Waals surface area contributed by atoms with Crippen LogP contribution in [0, 0.1) is 5.92 Å². The Labute approximate surface area is 224 Å². The van der Waals surface area contributed by atoms with Crippen LogP contribution in [0.15, 0.2) is 36.4 Å². The number of nitrogens with zero attached hydrogens (tertiary/aromatic N) is 3. The molecule has 1 amide bonds. The molecule has 38 heavy (non-hydrogen) atoms. The van der Waals surface area contributed by atoms with Gasteiger partial charge in [-0.3, -0.25) is 4.79 Å². The second-order valence-electron chi connectivity index (χ2n) is 10.6. The van der Waals surface area contributed by atoms with Gasteiger partial charge in [0.25, 0.3) is 0 Å². The Morgan fingerprint density at radius 1 is 0.974 bits per heavy atom. The number of rotatable bonds is 8. The first-order chi connectivity index (χ1) is 18.6. The Bertz CT molecular complexity index is 1330. The van der Waals surface area contributed by atoms with Crippen LogP contribution < -0.4 is 14.4 Å². The lowest BCUT2D eigenvalue weighted by Gasteiger charge is -2.32. The highest BCUT2D eigenvalue weighted by molar-refractivity contribution is 5.84. The van der Waals surface area contributed by atoms with Crippen molar-refractivity contribution in [2.45, 2.75) is 59.0 Å². The van der Waals surface area contributed by atoms with Gasteiger partial charge in [0, 0.05) is 43.0 Å². The molecule has 7 heteroatoms. The van der Waals surface area contributed by atoms with Gasteiger partial charge in [0.05, 0.1) is 18.7 Å². The van der Waals surface area contributed by atoms with E-state index in [2.05, 4.69) is 36.9 Å². The summed E-state index contributed by atoms with van der Waals surface area (Å²) in [6, 6.07) is 12.9. The lowest BCUT2D eigenvalue weighted by molar-refractivity contribution is -0.137. The van der Waals surface area contributed by atoms with Crippen molar-refractivity contribution in [3.63, 3.8) is 0 Å². The highest BCUT2D eigenvalue weighted by atomic mass is 16.7. The van der Waals surface area contributed by atoms with Crippen LogP contribution in [-0.2, 0) is 35.5 Å². The predicted octanol–water partition coefficient (Wildman–Crippen LogP) is 5.25. The van der Waals surface area contributed by atoms with E-state index >= 15 is 0 Å². The number of pyridine rings is 1. The number of amides is 1. The lowest BCUT2D eigenvalue weighted by atomic mass is 10.00. The summed E-state index contributed by atoms with van der Waals surface area (Å²) in [5, 5.41) is 1.16. The molecule has 3 aliphatic rings. The maximum atomic E-state index is 13.9. The Hall–Kier alpha value is -3.32. The van der Waals surface area contributed by atoms with E-state index in [1.54, 1.807) is 0 Å². The first kappa shape index (κ1) is 25.0. The normalized spacial score (nSPS) is 16.3. The van der Waals surface area contributed by atoms with Crippen LogP contribution in [0.3, 0.4) is 0 Å². The van der Waals surface area contributed by atoms with E-state index in [0.29, 0.717) is 26.3 Å². The van der Waals surface area contributed by atoms with Gasteiger partial charge < -0.3 is 24.0 Å². The van der Waals surface area contributed by atoms with Gasteiger partial charge in [-0.15, -0.1) is 0 Å². The summed E-state index contributed by atoms with van der Waals surface area (Å²) in [5.41, 5.74) is 6.05. The first-order valence-electron chi connectivity index (χ1n) is 14.1. The van der Waals surface area contributed by atoms with Gasteiger partial charge in [-0.25, -0.2) is 4.98 Å².